The number of quaternary nitrogens is 1. The van der Waals surface area contributed by atoms with Crippen molar-refractivity contribution in [2.45, 2.75) is 4.90 Å². The van der Waals surface area contributed by atoms with Crippen molar-refractivity contribution in [3.63, 3.8) is 0 Å². The molecular weight excluding hydrogens is 359 g/mol. The fourth-order valence-electron chi connectivity index (χ4n) is 1.53. The van der Waals surface area contributed by atoms with Crippen LogP contribution in [-0.4, -0.2) is 38.6 Å². The third kappa shape index (κ3) is 7.44. The first-order chi connectivity index (χ1) is 9.95. The van der Waals surface area contributed by atoms with Crippen LogP contribution in [0, 0.1) is 0 Å². The number of nitrogens with one attached hydrogen (secondary N) is 1. The number of rotatable bonds is 5. The van der Waals surface area contributed by atoms with E-state index in [4.69, 9.17) is 14.0 Å². The maximum Gasteiger partial charge on any atom is 1.00 e. The molecule has 2 N–H and O–H groups in total. The summed E-state index contributed by atoms with van der Waals surface area (Å²) in [6, 6.07) is 4.72. The number of carbonyl (C=O) groups excluding carboxylic acids is 1. The minimum Gasteiger partial charge on any atom is -1.00 e. The third-order valence-corrected chi connectivity index (χ3v) is 3.42. The van der Waals surface area contributed by atoms with E-state index in [9.17, 15) is 13.2 Å². The topological polar surface area (TPSA) is 107 Å². The summed E-state index contributed by atoms with van der Waals surface area (Å²) in [4.78, 5) is 15.9. The van der Waals surface area contributed by atoms with Gasteiger partial charge in [-0.3, -0.25) is 9.45 Å². The van der Waals surface area contributed by atoms with Gasteiger partial charge in [0.15, 0.2) is 6.34 Å². The van der Waals surface area contributed by atoms with Crippen LogP contribution in [0.5, 0.6) is 5.75 Å². The average Bonchev–Trinajstić information content (AvgIpc) is 2.91. The predicted octanol–water partition coefficient (Wildman–Crippen LogP) is -6.15. The second kappa shape index (κ2) is 10.0. The Balaban J connectivity index is 0.00000242. The van der Waals surface area contributed by atoms with Gasteiger partial charge < -0.3 is 21.9 Å². The number of carbonyl (C=O) groups is 1. The summed E-state index contributed by atoms with van der Waals surface area (Å²) in [6.07, 6.45) is 4.23. The number of ether oxygens (including phenoxy) is 2. The zero-order valence-electron chi connectivity index (χ0n) is 12.2. The molecule has 1 atom stereocenters. The monoisotopic (exact) mass is 371 g/mol. The SMILES string of the molecule is O=C(OCC[NH+]1C=CN=C1)Oc1ccc(S(=O)(=O)O)cc1.[Cl-].[Na+]. The molecule has 8 nitrogen and oxygen atoms in total. The number of hydrogen-bond donors (Lipinski definition) is 2. The van der Waals surface area contributed by atoms with Gasteiger partial charge in [-0.1, -0.05) is 0 Å². The summed E-state index contributed by atoms with van der Waals surface area (Å²) < 4.78 is 40.2. The van der Waals surface area contributed by atoms with Gasteiger partial charge in [0.25, 0.3) is 10.1 Å². The van der Waals surface area contributed by atoms with Gasteiger partial charge in [-0.15, -0.1) is 0 Å². The molecule has 1 aromatic rings. The molecule has 1 aromatic carbocycles. The van der Waals surface area contributed by atoms with E-state index in [2.05, 4.69) is 4.99 Å². The first-order valence-electron chi connectivity index (χ1n) is 5.93. The molecule has 2 rings (SSSR count). The molecule has 0 saturated heterocycles. The molecule has 1 heterocycles. The molecule has 1 aliphatic rings. The maximum atomic E-state index is 11.4. The number of halogens is 1. The first kappa shape index (κ1) is 22.1. The average molecular weight is 372 g/mol. The number of hydrogen-bond acceptors (Lipinski definition) is 6. The van der Waals surface area contributed by atoms with E-state index in [0.29, 0.717) is 6.54 Å². The minimum absolute atomic E-state index is 0. The molecule has 23 heavy (non-hydrogen) atoms. The maximum absolute atomic E-state index is 11.4. The van der Waals surface area contributed by atoms with Gasteiger partial charge >= 0.3 is 35.7 Å². The summed E-state index contributed by atoms with van der Waals surface area (Å²) in [5.41, 5.74) is 0. The third-order valence-electron chi connectivity index (χ3n) is 2.55. The Bertz CT molecular complexity index is 665. The van der Waals surface area contributed by atoms with Crippen molar-refractivity contribution in [2.75, 3.05) is 13.2 Å². The van der Waals surface area contributed by atoms with E-state index < -0.39 is 16.3 Å². The van der Waals surface area contributed by atoms with Crippen molar-refractivity contribution in [1.82, 2.24) is 0 Å². The first-order valence-corrected chi connectivity index (χ1v) is 7.37. The van der Waals surface area contributed by atoms with Gasteiger partial charge in [0.1, 0.15) is 25.1 Å². The summed E-state index contributed by atoms with van der Waals surface area (Å²) in [5.74, 6) is 0.113. The van der Waals surface area contributed by atoms with Gasteiger partial charge in [-0.25, -0.2) is 9.79 Å². The molecule has 11 heteroatoms. The number of aliphatic imine (C=N–C) groups is 1. The number of benzene rings is 1. The standard InChI is InChI=1S/C12H12N2O6S.ClH.Na/c15-12(19-8-7-14-6-5-13-9-14)20-10-1-3-11(4-2-10)21(16,17)18;;/h1-6,9H,7-8H2,(H,16,17,18);1H;/q;;+1. The second-order valence-electron chi connectivity index (χ2n) is 4.07. The largest absolute Gasteiger partial charge is 1.00 e. The van der Waals surface area contributed by atoms with Crippen LogP contribution in [0.4, 0.5) is 4.79 Å². The van der Waals surface area contributed by atoms with Crippen LogP contribution in [0.3, 0.4) is 0 Å². The Morgan fingerprint density at radius 3 is 2.43 bits per heavy atom. The van der Waals surface area contributed by atoms with Crippen molar-refractivity contribution >= 4 is 22.6 Å². The molecule has 0 radical (unpaired) electrons. The van der Waals surface area contributed by atoms with Gasteiger partial charge in [0.2, 0.25) is 0 Å². The Labute approximate surface area is 161 Å². The molecule has 0 saturated carbocycles. The van der Waals surface area contributed by atoms with Crippen molar-refractivity contribution in [1.29, 1.82) is 0 Å². The normalized spacial score (nSPS) is 15.4. The summed E-state index contributed by atoms with van der Waals surface area (Å²) in [6.45, 7) is 0.671. The predicted molar refractivity (Wildman–Crippen MR) is 71.7 cm³/mol. The zero-order valence-corrected chi connectivity index (χ0v) is 15.7. The van der Waals surface area contributed by atoms with Crippen molar-refractivity contribution in [2.24, 2.45) is 4.99 Å². The Hall–Kier alpha value is -0.940. The van der Waals surface area contributed by atoms with Crippen LogP contribution in [-0.2, 0) is 14.9 Å². The quantitative estimate of drug-likeness (QED) is 0.231. The molecule has 0 spiro atoms. The smallest absolute Gasteiger partial charge is 1.00 e. The van der Waals surface area contributed by atoms with E-state index in [1.54, 1.807) is 12.5 Å². The van der Waals surface area contributed by atoms with E-state index in [1.807, 2.05) is 6.20 Å². The molecule has 0 amide bonds. The van der Waals surface area contributed by atoms with Crippen LogP contribution in [0.15, 0.2) is 46.6 Å². The van der Waals surface area contributed by atoms with Crippen LogP contribution in [0.25, 0.3) is 0 Å². The Morgan fingerprint density at radius 2 is 1.91 bits per heavy atom. The van der Waals surface area contributed by atoms with Crippen LogP contribution in [0.2, 0.25) is 0 Å². The van der Waals surface area contributed by atoms with Crippen LogP contribution >= 0.6 is 0 Å². The van der Waals surface area contributed by atoms with Crippen molar-refractivity contribution in [3.05, 3.63) is 36.7 Å². The molecular formula is C12H13ClN2NaO6S+. The zero-order chi connectivity index (χ0) is 15.3. The van der Waals surface area contributed by atoms with E-state index >= 15 is 0 Å². The van der Waals surface area contributed by atoms with Gasteiger partial charge in [-0.2, -0.15) is 8.42 Å². The van der Waals surface area contributed by atoms with Gasteiger partial charge in [-0.05, 0) is 24.3 Å². The molecule has 0 bridgehead atoms. The molecule has 0 aromatic heterocycles. The van der Waals surface area contributed by atoms with Gasteiger partial charge in [0, 0.05) is 0 Å². The molecule has 0 aliphatic carbocycles. The number of nitrogens with zero attached hydrogens (tertiary/aromatic N) is 1. The van der Waals surface area contributed by atoms with E-state index in [0.717, 1.165) is 17.0 Å². The fraction of sp³-hybridized carbons (Fsp3) is 0.167. The summed E-state index contributed by atoms with van der Waals surface area (Å²) in [5, 5.41) is 0. The van der Waals surface area contributed by atoms with Crippen molar-refractivity contribution < 1.29 is 74.1 Å². The molecule has 120 valence electrons. The summed E-state index contributed by atoms with van der Waals surface area (Å²) in [7, 11) is -4.26. The van der Waals surface area contributed by atoms with Gasteiger partial charge in [0.05, 0.1) is 11.1 Å². The van der Waals surface area contributed by atoms with E-state index in [-0.39, 0.29) is 59.2 Å². The minimum atomic E-state index is -4.26. The Kier molecular flexibility index (Phi) is 9.63. The molecule has 0 fully saturated rings. The fourth-order valence-corrected chi connectivity index (χ4v) is 2.01. The van der Waals surface area contributed by atoms with Crippen LogP contribution in [0.1, 0.15) is 0 Å². The van der Waals surface area contributed by atoms with Crippen LogP contribution < -0.4 is 51.6 Å². The summed E-state index contributed by atoms with van der Waals surface area (Å²) >= 11 is 0. The molecule has 1 aliphatic heterocycles. The second-order valence-corrected chi connectivity index (χ2v) is 5.49. The Morgan fingerprint density at radius 1 is 1.26 bits per heavy atom. The van der Waals surface area contributed by atoms with E-state index in [1.165, 1.54) is 12.1 Å². The molecule has 1 unspecified atom stereocenters. The van der Waals surface area contributed by atoms with Crippen molar-refractivity contribution in [3.8, 4) is 5.75 Å².